The molecular formula is C27H25N7O. The number of rotatable bonds is 3. The molecule has 1 aliphatic heterocycles. The van der Waals surface area contributed by atoms with Gasteiger partial charge in [0.05, 0.1) is 10.9 Å². The normalized spacial score (nSPS) is 18.5. The Bertz CT molecular complexity index is 1570. The molecule has 4 heterocycles. The molecule has 1 spiro atoms. The van der Waals surface area contributed by atoms with Gasteiger partial charge in [-0.15, -0.1) is 0 Å². The molecule has 1 aliphatic carbocycles. The SMILES string of the molecule is C=C(c1cncc(C#N)c1)c1c[nH]c2nc(N3CCC4(CC3)Cc3ccccc3[C@H]4N)[nH]c(=O)c12. The maximum Gasteiger partial charge on any atom is 0.262 e. The second-order valence-corrected chi connectivity index (χ2v) is 9.57. The van der Waals surface area contributed by atoms with Gasteiger partial charge in [-0.2, -0.15) is 10.2 Å². The zero-order chi connectivity index (χ0) is 24.2. The van der Waals surface area contributed by atoms with E-state index >= 15 is 0 Å². The van der Waals surface area contributed by atoms with E-state index in [4.69, 9.17) is 16.0 Å². The fourth-order valence-corrected chi connectivity index (χ4v) is 5.71. The maximum atomic E-state index is 13.2. The Morgan fingerprint density at radius 3 is 2.83 bits per heavy atom. The Hall–Kier alpha value is -4.22. The van der Waals surface area contributed by atoms with Gasteiger partial charge in [-0.25, -0.2) is 0 Å². The Morgan fingerprint density at radius 2 is 2.06 bits per heavy atom. The van der Waals surface area contributed by atoms with Gasteiger partial charge in [0.1, 0.15) is 11.7 Å². The number of nitrogens with zero attached hydrogens (tertiary/aromatic N) is 4. The molecule has 1 aromatic carbocycles. The molecule has 3 aromatic heterocycles. The molecule has 1 fully saturated rings. The van der Waals surface area contributed by atoms with E-state index in [2.05, 4.69) is 56.8 Å². The summed E-state index contributed by atoms with van der Waals surface area (Å²) < 4.78 is 0. The number of nitriles is 1. The quantitative estimate of drug-likeness (QED) is 0.427. The number of hydrogen-bond donors (Lipinski definition) is 3. The van der Waals surface area contributed by atoms with Gasteiger partial charge >= 0.3 is 0 Å². The first-order chi connectivity index (χ1) is 17.0. The first kappa shape index (κ1) is 21.3. The number of anilines is 1. The molecule has 6 rings (SSSR count). The van der Waals surface area contributed by atoms with Gasteiger partial charge in [-0.3, -0.25) is 14.8 Å². The molecule has 1 atom stereocenters. The molecular weight excluding hydrogens is 438 g/mol. The second kappa shape index (κ2) is 7.93. The van der Waals surface area contributed by atoms with Crippen LogP contribution in [0, 0.1) is 16.7 Å². The Labute approximate surface area is 202 Å². The summed E-state index contributed by atoms with van der Waals surface area (Å²) in [5, 5.41) is 9.62. The molecule has 0 amide bonds. The van der Waals surface area contributed by atoms with Gasteiger partial charge in [0.2, 0.25) is 5.95 Å². The Kier molecular flexibility index (Phi) is 4.83. The third-order valence-corrected chi connectivity index (χ3v) is 7.72. The van der Waals surface area contributed by atoms with Crippen LogP contribution >= 0.6 is 0 Å². The fraction of sp³-hybridized carbons (Fsp3) is 0.259. The average molecular weight is 464 g/mol. The lowest BCUT2D eigenvalue weighted by atomic mass is 9.73. The van der Waals surface area contributed by atoms with Crippen LogP contribution in [0.2, 0.25) is 0 Å². The predicted octanol–water partition coefficient (Wildman–Crippen LogP) is 3.42. The lowest BCUT2D eigenvalue weighted by Gasteiger charge is -2.42. The summed E-state index contributed by atoms with van der Waals surface area (Å²) in [5.41, 5.74) is 12.1. The number of piperidine rings is 1. The summed E-state index contributed by atoms with van der Waals surface area (Å²) in [6.45, 7) is 5.70. The summed E-state index contributed by atoms with van der Waals surface area (Å²) >= 11 is 0. The average Bonchev–Trinajstić information content (AvgIpc) is 3.44. The fourth-order valence-electron chi connectivity index (χ4n) is 5.71. The van der Waals surface area contributed by atoms with E-state index in [0.29, 0.717) is 39.2 Å². The van der Waals surface area contributed by atoms with E-state index in [9.17, 15) is 4.79 Å². The molecule has 0 bridgehead atoms. The third-order valence-electron chi connectivity index (χ3n) is 7.72. The monoisotopic (exact) mass is 463 g/mol. The van der Waals surface area contributed by atoms with Gasteiger partial charge in [0, 0.05) is 48.8 Å². The Morgan fingerprint density at radius 1 is 1.26 bits per heavy atom. The number of aromatic amines is 2. The molecule has 0 unspecified atom stereocenters. The predicted molar refractivity (Wildman–Crippen MR) is 135 cm³/mol. The highest BCUT2D eigenvalue weighted by molar-refractivity contribution is 5.94. The highest BCUT2D eigenvalue weighted by Gasteiger charge is 2.46. The van der Waals surface area contributed by atoms with Crippen LogP contribution in [0.4, 0.5) is 5.95 Å². The van der Waals surface area contributed by atoms with Gasteiger partial charge in [0.25, 0.3) is 5.56 Å². The smallest absolute Gasteiger partial charge is 0.262 e. The molecule has 4 aromatic rings. The van der Waals surface area contributed by atoms with Crippen molar-refractivity contribution in [3.05, 3.63) is 93.7 Å². The summed E-state index contributed by atoms with van der Waals surface area (Å²) in [7, 11) is 0. The van der Waals surface area contributed by atoms with Gasteiger partial charge < -0.3 is 15.6 Å². The summed E-state index contributed by atoms with van der Waals surface area (Å²) in [6, 6.07) is 12.3. The number of hydrogen-bond acceptors (Lipinski definition) is 6. The van der Waals surface area contributed by atoms with Crippen molar-refractivity contribution in [2.45, 2.75) is 25.3 Å². The maximum absolute atomic E-state index is 13.2. The number of aromatic nitrogens is 4. The zero-order valence-electron chi connectivity index (χ0n) is 19.2. The largest absolute Gasteiger partial charge is 0.345 e. The van der Waals surface area contributed by atoms with Crippen LogP contribution in [-0.2, 0) is 6.42 Å². The van der Waals surface area contributed by atoms with Gasteiger partial charge in [-0.1, -0.05) is 30.8 Å². The Balaban J connectivity index is 1.26. The highest BCUT2D eigenvalue weighted by atomic mass is 16.1. The van der Waals surface area contributed by atoms with Crippen molar-refractivity contribution in [3.63, 3.8) is 0 Å². The molecule has 2 aliphatic rings. The second-order valence-electron chi connectivity index (χ2n) is 9.57. The number of pyridine rings is 1. The number of H-pyrrole nitrogens is 2. The first-order valence-electron chi connectivity index (χ1n) is 11.7. The van der Waals surface area contributed by atoms with E-state index in [0.717, 1.165) is 32.4 Å². The number of fused-ring (bicyclic) bond motifs is 2. The summed E-state index contributed by atoms with van der Waals surface area (Å²) in [4.78, 5) is 30.3. The van der Waals surface area contributed by atoms with Gasteiger partial charge in [0.15, 0.2) is 0 Å². The molecule has 1 saturated heterocycles. The lowest BCUT2D eigenvalue weighted by Crippen LogP contribution is -2.45. The topological polar surface area (TPSA) is 127 Å². The number of benzene rings is 1. The van der Waals surface area contributed by atoms with Crippen molar-refractivity contribution in [2.75, 3.05) is 18.0 Å². The van der Waals surface area contributed by atoms with E-state index < -0.39 is 0 Å². The molecule has 0 saturated carbocycles. The third kappa shape index (κ3) is 3.35. The van der Waals surface area contributed by atoms with E-state index in [1.807, 2.05) is 0 Å². The molecule has 4 N–H and O–H groups in total. The summed E-state index contributed by atoms with van der Waals surface area (Å²) in [5.74, 6) is 0.564. The van der Waals surface area contributed by atoms with E-state index in [-0.39, 0.29) is 17.0 Å². The van der Waals surface area contributed by atoms with Crippen LogP contribution in [0.3, 0.4) is 0 Å². The minimum absolute atomic E-state index is 0.0429. The molecule has 174 valence electrons. The summed E-state index contributed by atoms with van der Waals surface area (Å²) in [6.07, 6.45) is 7.75. The molecule has 8 nitrogen and oxygen atoms in total. The van der Waals surface area contributed by atoms with E-state index in [1.165, 1.54) is 17.3 Å². The van der Waals surface area contributed by atoms with Crippen LogP contribution in [0.1, 0.15) is 46.7 Å². The van der Waals surface area contributed by atoms with Crippen molar-refractivity contribution in [3.8, 4) is 6.07 Å². The van der Waals surface area contributed by atoms with Crippen molar-refractivity contribution in [2.24, 2.45) is 11.1 Å². The van der Waals surface area contributed by atoms with Crippen LogP contribution < -0.4 is 16.2 Å². The van der Waals surface area contributed by atoms with Crippen molar-refractivity contribution in [1.29, 1.82) is 5.26 Å². The molecule has 8 heteroatoms. The van der Waals surface area contributed by atoms with Crippen molar-refractivity contribution < 1.29 is 0 Å². The lowest BCUT2D eigenvalue weighted by molar-refractivity contribution is 0.187. The van der Waals surface area contributed by atoms with Crippen LogP contribution in [0.5, 0.6) is 0 Å². The van der Waals surface area contributed by atoms with Crippen LogP contribution in [-0.4, -0.2) is 33.0 Å². The molecule has 35 heavy (non-hydrogen) atoms. The zero-order valence-corrected chi connectivity index (χ0v) is 19.2. The van der Waals surface area contributed by atoms with Crippen LogP contribution in [0.15, 0.2) is 60.3 Å². The number of nitrogens with one attached hydrogen (secondary N) is 2. The minimum atomic E-state index is -0.225. The first-order valence-corrected chi connectivity index (χ1v) is 11.7. The minimum Gasteiger partial charge on any atom is -0.345 e. The highest BCUT2D eigenvalue weighted by Crippen LogP contribution is 2.50. The van der Waals surface area contributed by atoms with Gasteiger partial charge in [-0.05, 0) is 47.4 Å². The van der Waals surface area contributed by atoms with E-state index in [1.54, 1.807) is 18.5 Å². The molecule has 0 radical (unpaired) electrons. The number of nitrogens with two attached hydrogens (primary N) is 1. The van der Waals surface area contributed by atoms with Crippen molar-refractivity contribution >= 4 is 22.6 Å². The van der Waals surface area contributed by atoms with Crippen LogP contribution in [0.25, 0.3) is 16.6 Å². The van der Waals surface area contributed by atoms with Crippen molar-refractivity contribution in [1.82, 2.24) is 19.9 Å². The standard InChI is InChI=1S/C27H25N7O/c1-16(19-10-17(12-28)13-30-14-19)21-15-31-24-22(21)25(35)33-26(32-24)34-8-6-27(7-9-34)11-18-4-2-3-5-20(18)23(27)29/h2-5,10,13-15,23H,1,6-9,11,29H2,(H2,31,32,33,35)/t23-/m1/s1.